The van der Waals surface area contributed by atoms with Crippen molar-refractivity contribution in [2.24, 2.45) is 11.8 Å². The lowest BCUT2D eigenvalue weighted by molar-refractivity contribution is -0.116. The molecule has 2 fully saturated rings. The Labute approximate surface area is 87.3 Å². The zero-order valence-corrected chi connectivity index (χ0v) is 9.88. The third kappa shape index (κ3) is 1.82. The van der Waals surface area contributed by atoms with Crippen LogP contribution < -0.4 is 0 Å². The van der Waals surface area contributed by atoms with Crippen molar-refractivity contribution in [1.29, 1.82) is 0 Å². The van der Waals surface area contributed by atoms with Gasteiger partial charge in [-0.25, -0.2) is 0 Å². The van der Waals surface area contributed by atoms with Crippen LogP contribution in [0, 0.1) is 11.8 Å². The van der Waals surface area contributed by atoms with Gasteiger partial charge in [0, 0.05) is 18.6 Å². The summed E-state index contributed by atoms with van der Waals surface area (Å²) in [5, 5.41) is 9.66. The maximum atomic E-state index is 9.66. The molecule has 2 rings (SSSR count). The molecule has 0 amide bonds. The second kappa shape index (κ2) is 2.96. The fourth-order valence-corrected chi connectivity index (χ4v) is 2.76. The van der Waals surface area contributed by atoms with Gasteiger partial charge in [-0.05, 0) is 52.4 Å². The Bertz CT molecular complexity index is 215. The fourth-order valence-electron chi connectivity index (χ4n) is 2.76. The molecule has 0 spiro atoms. The van der Waals surface area contributed by atoms with E-state index < -0.39 is 0 Å². The van der Waals surface area contributed by atoms with Gasteiger partial charge in [0.15, 0.2) is 0 Å². The average molecular weight is 197 g/mol. The molecule has 0 unspecified atom stereocenters. The summed E-state index contributed by atoms with van der Waals surface area (Å²) in [5.74, 6) is 1.65. The summed E-state index contributed by atoms with van der Waals surface area (Å²) in [7, 11) is 0. The quantitative estimate of drug-likeness (QED) is 0.694. The highest BCUT2D eigenvalue weighted by molar-refractivity contribution is 5.00. The van der Waals surface area contributed by atoms with E-state index in [0.717, 1.165) is 24.7 Å². The molecule has 14 heavy (non-hydrogen) atoms. The summed E-state index contributed by atoms with van der Waals surface area (Å²) in [6.45, 7) is 11.3. The molecule has 1 saturated heterocycles. The molecule has 1 saturated carbocycles. The fraction of sp³-hybridized carbons (Fsp3) is 1.00. The van der Waals surface area contributed by atoms with Crippen LogP contribution in [0.1, 0.15) is 40.5 Å². The van der Waals surface area contributed by atoms with Crippen molar-refractivity contribution < 1.29 is 5.11 Å². The number of aliphatic hydroxyl groups is 1. The highest BCUT2D eigenvalue weighted by Crippen LogP contribution is 2.45. The van der Waals surface area contributed by atoms with Crippen LogP contribution in [0.15, 0.2) is 0 Å². The van der Waals surface area contributed by atoms with Crippen LogP contribution in [0.25, 0.3) is 0 Å². The van der Waals surface area contributed by atoms with Gasteiger partial charge in [-0.15, -0.1) is 0 Å². The Morgan fingerprint density at radius 3 is 2.00 bits per heavy atom. The summed E-state index contributed by atoms with van der Waals surface area (Å²) >= 11 is 0. The Morgan fingerprint density at radius 2 is 1.64 bits per heavy atom. The van der Waals surface area contributed by atoms with Gasteiger partial charge in [-0.2, -0.15) is 0 Å². The van der Waals surface area contributed by atoms with Crippen LogP contribution in [0.2, 0.25) is 0 Å². The normalized spacial score (nSPS) is 40.5. The third-order valence-electron chi connectivity index (χ3n) is 3.93. The minimum Gasteiger partial charge on any atom is -0.390 e. The first-order valence-corrected chi connectivity index (χ1v) is 5.75. The first-order chi connectivity index (χ1) is 6.28. The van der Waals surface area contributed by atoms with Crippen LogP contribution in [-0.4, -0.2) is 34.2 Å². The van der Waals surface area contributed by atoms with Crippen molar-refractivity contribution in [3.05, 3.63) is 0 Å². The van der Waals surface area contributed by atoms with Crippen molar-refractivity contribution in [3.8, 4) is 0 Å². The van der Waals surface area contributed by atoms with E-state index in [1.807, 2.05) is 6.92 Å². The molecule has 1 N–H and O–H groups in total. The highest BCUT2D eigenvalue weighted by Gasteiger charge is 2.47. The predicted molar refractivity (Wildman–Crippen MR) is 58.2 cm³/mol. The molecule has 0 aromatic heterocycles. The van der Waals surface area contributed by atoms with E-state index in [2.05, 4.69) is 25.7 Å². The molecule has 2 nitrogen and oxygen atoms in total. The Hall–Kier alpha value is -0.0800. The number of likely N-dealkylation sites (tertiary alicyclic amines) is 1. The average Bonchev–Trinajstić information content (AvgIpc) is 1.74. The van der Waals surface area contributed by atoms with E-state index in [1.54, 1.807) is 0 Å². The SMILES string of the molecule is CC1(O)CC(C2CN(C(C)(C)C)C2)C1. The summed E-state index contributed by atoms with van der Waals surface area (Å²) in [4.78, 5) is 2.53. The highest BCUT2D eigenvalue weighted by atomic mass is 16.3. The zero-order chi connectivity index (χ0) is 10.6. The van der Waals surface area contributed by atoms with Gasteiger partial charge in [0.1, 0.15) is 0 Å². The first-order valence-electron chi connectivity index (χ1n) is 5.75. The summed E-state index contributed by atoms with van der Waals surface area (Å²) in [6.07, 6.45) is 2.05. The number of nitrogens with zero attached hydrogens (tertiary/aromatic N) is 1. The first kappa shape index (κ1) is 10.4. The van der Waals surface area contributed by atoms with E-state index in [0.29, 0.717) is 5.54 Å². The number of hydrogen-bond donors (Lipinski definition) is 1. The van der Waals surface area contributed by atoms with Crippen LogP contribution >= 0.6 is 0 Å². The molecule has 1 aliphatic carbocycles. The molecular formula is C12H23NO. The van der Waals surface area contributed by atoms with Gasteiger partial charge in [0.2, 0.25) is 0 Å². The van der Waals surface area contributed by atoms with Crippen molar-refractivity contribution in [2.45, 2.75) is 51.7 Å². The molecule has 0 aromatic rings. The van der Waals surface area contributed by atoms with E-state index in [9.17, 15) is 5.11 Å². The summed E-state index contributed by atoms with van der Waals surface area (Å²) < 4.78 is 0. The van der Waals surface area contributed by atoms with Gasteiger partial charge in [-0.3, -0.25) is 4.90 Å². The maximum Gasteiger partial charge on any atom is 0.0625 e. The van der Waals surface area contributed by atoms with Crippen molar-refractivity contribution in [1.82, 2.24) is 4.90 Å². The monoisotopic (exact) mass is 197 g/mol. The van der Waals surface area contributed by atoms with E-state index >= 15 is 0 Å². The largest absolute Gasteiger partial charge is 0.390 e. The molecule has 82 valence electrons. The second-order valence-corrected chi connectivity index (χ2v) is 6.50. The Kier molecular flexibility index (Phi) is 2.20. The van der Waals surface area contributed by atoms with Gasteiger partial charge in [0.05, 0.1) is 5.60 Å². The molecule has 0 bridgehead atoms. The van der Waals surface area contributed by atoms with Crippen LogP contribution in [-0.2, 0) is 0 Å². The van der Waals surface area contributed by atoms with Gasteiger partial charge in [-0.1, -0.05) is 0 Å². The van der Waals surface area contributed by atoms with Crippen LogP contribution in [0.3, 0.4) is 0 Å². The van der Waals surface area contributed by atoms with E-state index in [-0.39, 0.29) is 5.60 Å². The summed E-state index contributed by atoms with van der Waals surface area (Å²) in [6, 6.07) is 0. The van der Waals surface area contributed by atoms with Crippen LogP contribution in [0.4, 0.5) is 0 Å². The van der Waals surface area contributed by atoms with Crippen molar-refractivity contribution >= 4 is 0 Å². The van der Waals surface area contributed by atoms with Crippen LogP contribution in [0.5, 0.6) is 0 Å². The molecular weight excluding hydrogens is 174 g/mol. The maximum absolute atomic E-state index is 9.66. The Balaban J connectivity index is 1.75. The minimum absolute atomic E-state index is 0.336. The molecule has 0 aromatic carbocycles. The van der Waals surface area contributed by atoms with Crippen molar-refractivity contribution in [3.63, 3.8) is 0 Å². The van der Waals surface area contributed by atoms with Gasteiger partial charge < -0.3 is 5.11 Å². The lowest BCUT2D eigenvalue weighted by Crippen LogP contribution is -2.61. The standard InChI is InChI=1S/C12H23NO/c1-11(2,3)13-7-10(8-13)9-5-12(4,14)6-9/h9-10,14H,5-8H2,1-4H3. The van der Waals surface area contributed by atoms with Crippen molar-refractivity contribution in [2.75, 3.05) is 13.1 Å². The molecule has 0 radical (unpaired) electrons. The van der Waals surface area contributed by atoms with Gasteiger partial charge >= 0.3 is 0 Å². The topological polar surface area (TPSA) is 23.5 Å². The van der Waals surface area contributed by atoms with E-state index in [1.165, 1.54) is 13.1 Å². The molecule has 2 heteroatoms. The lowest BCUT2D eigenvalue weighted by Gasteiger charge is -2.55. The third-order valence-corrected chi connectivity index (χ3v) is 3.93. The molecule has 1 heterocycles. The number of rotatable bonds is 1. The number of hydrogen-bond acceptors (Lipinski definition) is 2. The lowest BCUT2D eigenvalue weighted by atomic mass is 9.64. The molecule has 2 aliphatic rings. The molecule has 0 atom stereocenters. The second-order valence-electron chi connectivity index (χ2n) is 6.50. The Morgan fingerprint density at radius 1 is 1.14 bits per heavy atom. The molecule has 1 aliphatic heterocycles. The van der Waals surface area contributed by atoms with E-state index in [4.69, 9.17) is 0 Å². The smallest absolute Gasteiger partial charge is 0.0625 e. The minimum atomic E-state index is -0.340. The zero-order valence-electron chi connectivity index (χ0n) is 9.88. The van der Waals surface area contributed by atoms with Gasteiger partial charge in [0.25, 0.3) is 0 Å². The summed E-state index contributed by atoms with van der Waals surface area (Å²) in [5.41, 5.74) is -0.00438. The predicted octanol–water partition coefficient (Wildman–Crippen LogP) is 1.88.